The van der Waals surface area contributed by atoms with Crippen LogP contribution in [0.3, 0.4) is 0 Å². The minimum Gasteiger partial charge on any atom is -0.364 e. The van der Waals surface area contributed by atoms with Crippen LogP contribution in [-0.2, 0) is 4.74 Å². The first-order valence-electron chi connectivity index (χ1n) is 6.18. The maximum Gasteiger partial charge on any atom is 0.110 e. The Morgan fingerprint density at radius 2 is 1.88 bits per heavy atom. The lowest BCUT2D eigenvalue weighted by atomic mass is 9.91. The smallest absolute Gasteiger partial charge is 0.110 e. The van der Waals surface area contributed by atoms with Crippen LogP contribution < -0.4 is 0 Å². The maximum atomic E-state index is 5.84. The molecule has 1 heterocycles. The van der Waals surface area contributed by atoms with E-state index >= 15 is 0 Å². The number of epoxide rings is 1. The average molecular weight is 214 g/mol. The van der Waals surface area contributed by atoms with Crippen LogP contribution in [0.1, 0.15) is 25.8 Å². The van der Waals surface area contributed by atoms with Crippen molar-refractivity contribution in [2.24, 2.45) is 11.8 Å². The van der Waals surface area contributed by atoms with E-state index in [2.05, 4.69) is 50.3 Å². The van der Waals surface area contributed by atoms with Gasteiger partial charge in [0.25, 0.3) is 0 Å². The van der Waals surface area contributed by atoms with Crippen LogP contribution in [0.15, 0.2) is 36.4 Å². The Morgan fingerprint density at radius 1 is 1.12 bits per heavy atom. The van der Waals surface area contributed by atoms with E-state index in [0.29, 0.717) is 18.1 Å². The third-order valence-electron chi connectivity index (χ3n) is 4.06. The molecule has 0 spiro atoms. The van der Waals surface area contributed by atoms with Gasteiger partial charge in [-0.3, -0.25) is 0 Å². The first-order chi connectivity index (χ1) is 7.77. The van der Waals surface area contributed by atoms with E-state index in [-0.39, 0.29) is 0 Å². The Morgan fingerprint density at radius 3 is 2.62 bits per heavy atom. The summed E-state index contributed by atoms with van der Waals surface area (Å²) >= 11 is 0. The van der Waals surface area contributed by atoms with Gasteiger partial charge in [-0.05, 0) is 29.4 Å². The molecule has 1 heteroatoms. The lowest BCUT2D eigenvalue weighted by Crippen LogP contribution is -2.13. The summed E-state index contributed by atoms with van der Waals surface area (Å²) in [4.78, 5) is 0. The predicted octanol–water partition coefficient (Wildman–Crippen LogP) is 3.51. The summed E-state index contributed by atoms with van der Waals surface area (Å²) in [7, 11) is 0. The van der Waals surface area contributed by atoms with Crippen molar-refractivity contribution >= 4 is 5.57 Å². The monoisotopic (exact) mass is 214 g/mol. The summed E-state index contributed by atoms with van der Waals surface area (Å²) in [5, 5.41) is 0. The quantitative estimate of drug-likeness (QED) is 0.652. The Balaban J connectivity index is 1.92. The molecule has 3 rings (SSSR count). The molecule has 4 atom stereocenters. The van der Waals surface area contributed by atoms with Gasteiger partial charge in [-0.25, -0.2) is 0 Å². The molecule has 1 aromatic rings. The van der Waals surface area contributed by atoms with Gasteiger partial charge in [0.15, 0.2) is 0 Å². The number of allylic oxidation sites excluding steroid dienone is 1. The van der Waals surface area contributed by atoms with Crippen molar-refractivity contribution in [2.75, 3.05) is 0 Å². The Kier molecular flexibility index (Phi) is 2.36. The van der Waals surface area contributed by atoms with Crippen molar-refractivity contribution < 1.29 is 4.74 Å². The zero-order valence-electron chi connectivity index (χ0n) is 9.89. The van der Waals surface area contributed by atoms with Crippen molar-refractivity contribution in [2.45, 2.75) is 32.5 Å². The molecular formula is C15H18O. The van der Waals surface area contributed by atoms with E-state index in [1.165, 1.54) is 17.6 Å². The van der Waals surface area contributed by atoms with Gasteiger partial charge in [0.05, 0.1) is 6.10 Å². The third-order valence-corrected chi connectivity index (χ3v) is 4.06. The largest absolute Gasteiger partial charge is 0.364 e. The van der Waals surface area contributed by atoms with Crippen LogP contribution in [0.5, 0.6) is 0 Å². The number of fused-ring (bicyclic) bond motifs is 1. The van der Waals surface area contributed by atoms with Crippen LogP contribution in [0.25, 0.3) is 5.57 Å². The average Bonchev–Trinajstić information content (AvgIpc) is 3.09. The molecule has 1 aliphatic heterocycles. The zero-order chi connectivity index (χ0) is 11.1. The van der Waals surface area contributed by atoms with E-state index in [9.17, 15) is 0 Å². The zero-order valence-corrected chi connectivity index (χ0v) is 9.89. The Hall–Kier alpha value is -1.08. The third kappa shape index (κ3) is 1.60. The normalized spacial score (nSPS) is 37.2. The van der Waals surface area contributed by atoms with Crippen molar-refractivity contribution in [1.82, 2.24) is 0 Å². The molecule has 0 bridgehead atoms. The lowest BCUT2D eigenvalue weighted by Gasteiger charge is -2.14. The molecule has 1 saturated heterocycles. The summed E-state index contributed by atoms with van der Waals surface area (Å²) in [5.74, 6) is 1.42. The second-order valence-electron chi connectivity index (χ2n) is 5.12. The van der Waals surface area contributed by atoms with Gasteiger partial charge in [0.1, 0.15) is 6.10 Å². The van der Waals surface area contributed by atoms with Crippen LogP contribution in [0.2, 0.25) is 0 Å². The van der Waals surface area contributed by atoms with Gasteiger partial charge >= 0.3 is 0 Å². The van der Waals surface area contributed by atoms with Gasteiger partial charge in [-0.2, -0.15) is 0 Å². The first-order valence-corrected chi connectivity index (χ1v) is 6.18. The second-order valence-corrected chi connectivity index (χ2v) is 5.12. The highest BCUT2D eigenvalue weighted by molar-refractivity contribution is 5.71. The molecule has 2 aliphatic rings. The van der Waals surface area contributed by atoms with Crippen LogP contribution >= 0.6 is 0 Å². The highest BCUT2D eigenvalue weighted by Gasteiger charge is 2.48. The summed E-state index contributed by atoms with van der Waals surface area (Å²) in [5.41, 5.74) is 2.73. The summed E-state index contributed by atoms with van der Waals surface area (Å²) in [6.07, 6.45) is 4.39. The van der Waals surface area contributed by atoms with Gasteiger partial charge < -0.3 is 4.74 Å². The lowest BCUT2D eigenvalue weighted by molar-refractivity contribution is 0.274. The molecule has 16 heavy (non-hydrogen) atoms. The number of hydrogen-bond donors (Lipinski definition) is 0. The molecule has 1 aliphatic carbocycles. The van der Waals surface area contributed by atoms with Crippen LogP contribution in [-0.4, -0.2) is 12.2 Å². The molecule has 1 fully saturated rings. The fourth-order valence-electron chi connectivity index (χ4n) is 2.65. The van der Waals surface area contributed by atoms with E-state index in [1.807, 2.05) is 0 Å². The van der Waals surface area contributed by atoms with Crippen LogP contribution in [0, 0.1) is 11.8 Å². The highest BCUT2D eigenvalue weighted by atomic mass is 16.6. The Labute approximate surface area is 97.1 Å². The molecule has 0 amide bonds. The first kappa shape index (κ1) is 10.1. The minimum atomic E-state index is 0.363. The number of benzene rings is 1. The summed E-state index contributed by atoms with van der Waals surface area (Å²) < 4.78 is 5.84. The molecule has 0 radical (unpaired) electrons. The summed E-state index contributed by atoms with van der Waals surface area (Å²) in [6.45, 7) is 4.64. The fraction of sp³-hybridized carbons (Fsp3) is 0.467. The van der Waals surface area contributed by atoms with Gasteiger partial charge in [0.2, 0.25) is 0 Å². The molecule has 0 saturated carbocycles. The molecule has 1 aromatic carbocycles. The highest BCUT2D eigenvalue weighted by Crippen LogP contribution is 2.45. The van der Waals surface area contributed by atoms with Gasteiger partial charge in [-0.15, -0.1) is 0 Å². The fourth-order valence-corrected chi connectivity index (χ4v) is 2.65. The minimum absolute atomic E-state index is 0.363. The predicted molar refractivity (Wildman–Crippen MR) is 66.0 cm³/mol. The molecule has 0 N–H and O–H groups in total. The molecule has 4 unspecified atom stereocenters. The Bertz CT molecular complexity index is 407. The van der Waals surface area contributed by atoms with Gasteiger partial charge in [0, 0.05) is 0 Å². The van der Waals surface area contributed by atoms with Crippen LogP contribution in [0.4, 0.5) is 0 Å². The van der Waals surface area contributed by atoms with E-state index in [1.54, 1.807) is 0 Å². The molecule has 0 aromatic heterocycles. The number of hydrogen-bond acceptors (Lipinski definition) is 1. The van der Waals surface area contributed by atoms with Crippen molar-refractivity contribution in [3.05, 3.63) is 42.0 Å². The van der Waals surface area contributed by atoms with Crippen molar-refractivity contribution in [3.8, 4) is 0 Å². The van der Waals surface area contributed by atoms with Crippen molar-refractivity contribution in [3.63, 3.8) is 0 Å². The van der Waals surface area contributed by atoms with Gasteiger partial charge in [-0.1, -0.05) is 50.3 Å². The molecule has 84 valence electrons. The maximum absolute atomic E-state index is 5.84. The standard InChI is InChI=1S/C15H18O/c1-10-8-9-13(12-6-4-3-5-7-12)15-14(16-15)11(10)2/h3-7,9-11,14-15H,8H2,1-2H3. The second kappa shape index (κ2) is 3.74. The molecular weight excluding hydrogens is 196 g/mol. The topological polar surface area (TPSA) is 12.5 Å². The van der Waals surface area contributed by atoms with Crippen molar-refractivity contribution in [1.29, 1.82) is 0 Å². The number of rotatable bonds is 1. The number of ether oxygens (including phenoxy) is 1. The molecule has 1 nitrogen and oxygen atoms in total. The summed E-state index contributed by atoms with van der Waals surface area (Å²) in [6, 6.07) is 10.6. The SMILES string of the molecule is CC1CC=C(c2ccccc2)C2OC2C1C. The van der Waals surface area contributed by atoms with E-state index in [4.69, 9.17) is 4.74 Å². The van der Waals surface area contributed by atoms with E-state index < -0.39 is 0 Å². The van der Waals surface area contributed by atoms with E-state index in [0.717, 1.165) is 5.92 Å².